The predicted molar refractivity (Wildman–Crippen MR) is 62.2 cm³/mol. The smallest absolute Gasteiger partial charge is 0.139 e. The van der Waals surface area contributed by atoms with E-state index >= 15 is 0 Å². The maximum absolute atomic E-state index is 14.8. The molecule has 0 radical (unpaired) electrons. The minimum Gasteiger partial charge on any atom is -0.496 e. The predicted octanol–water partition coefficient (Wildman–Crippen LogP) is 2.76. The highest BCUT2D eigenvalue weighted by Crippen LogP contribution is 2.43. The van der Waals surface area contributed by atoms with E-state index < -0.39 is 5.67 Å². The van der Waals surface area contributed by atoms with E-state index in [2.05, 4.69) is 0 Å². The summed E-state index contributed by atoms with van der Waals surface area (Å²) in [4.78, 5) is 0. The van der Waals surface area contributed by atoms with Gasteiger partial charge in [-0.2, -0.15) is 0 Å². The molecule has 1 aliphatic carbocycles. The molecular weight excluding hydrogens is 205 g/mol. The van der Waals surface area contributed by atoms with Gasteiger partial charge in [-0.1, -0.05) is 18.2 Å². The number of alkyl halides is 1. The molecule has 2 rings (SSSR count). The van der Waals surface area contributed by atoms with Crippen LogP contribution in [0.5, 0.6) is 5.75 Å². The number of hydrogen-bond acceptors (Lipinski definition) is 2. The molecular formula is C13H18FNO. The number of para-hydroxylation sites is 1. The van der Waals surface area contributed by atoms with Gasteiger partial charge in [-0.25, -0.2) is 4.39 Å². The zero-order valence-corrected chi connectivity index (χ0v) is 9.58. The molecule has 3 heteroatoms. The molecule has 1 aliphatic rings. The topological polar surface area (TPSA) is 35.2 Å². The van der Waals surface area contributed by atoms with Gasteiger partial charge < -0.3 is 10.5 Å². The fourth-order valence-electron chi connectivity index (χ4n) is 2.38. The number of methoxy groups -OCH3 is 1. The lowest BCUT2D eigenvalue weighted by atomic mass is 9.79. The molecule has 0 aromatic heterocycles. The highest BCUT2D eigenvalue weighted by atomic mass is 19.1. The first-order chi connectivity index (χ1) is 7.65. The van der Waals surface area contributed by atoms with Crippen LogP contribution in [0.25, 0.3) is 0 Å². The molecule has 16 heavy (non-hydrogen) atoms. The van der Waals surface area contributed by atoms with E-state index in [1.807, 2.05) is 24.3 Å². The molecule has 1 fully saturated rings. The average molecular weight is 223 g/mol. The molecule has 0 spiro atoms. The normalized spacial score (nSPS) is 30.1. The largest absolute Gasteiger partial charge is 0.496 e. The second kappa shape index (κ2) is 4.42. The Morgan fingerprint density at radius 2 is 1.94 bits per heavy atom. The van der Waals surface area contributed by atoms with E-state index in [-0.39, 0.29) is 6.04 Å². The Bertz CT molecular complexity index is 359. The van der Waals surface area contributed by atoms with Crippen molar-refractivity contribution in [3.05, 3.63) is 29.8 Å². The fraction of sp³-hybridized carbons (Fsp3) is 0.538. The quantitative estimate of drug-likeness (QED) is 0.836. The van der Waals surface area contributed by atoms with Gasteiger partial charge in [-0.15, -0.1) is 0 Å². The Morgan fingerprint density at radius 1 is 1.31 bits per heavy atom. The zero-order valence-electron chi connectivity index (χ0n) is 9.58. The second-order valence-electron chi connectivity index (χ2n) is 4.50. The Hall–Kier alpha value is -1.09. The van der Waals surface area contributed by atoms with Crippen LogP contribution in [0, 0.1) is 0 Å². The third-order valence-electron chi connectivity index (χ3n) is 3.41. The van der Waals surface area contributed by atoms with Crippen molar-refractivity contribution in [2.24, 2.45) is 5.73 Å². The van der Waals surface area contributed by atoms with Crippen molar-refractivity contribution in [2.45, 2.75) is 37.4 Å². The summed E-state index contributed by atoms with van der Waals surface area (Å²) in [6, 6.07) is 7.49. The lowest BCUT2D eigenvalue weighted by Crippen LogP contribution is -2.34. The Kier molecular flexibility index (Phi) is 3.15. The van der Waals surface area contributed by atoms with Crippen LogP contribution in [0.15, 0.2) is 24.3 Å². The van der Waals surface area contributed by atoms with Crippen LogP contribution in [-0.4, -0.2) is 13.2 Å². The van der Waals surface area contributed by atoms with Gasteiger partial charge in [-0.05, 0) is 31.7 Å². The number of hydrogen-bond donors (Lipinski definition) is 1. The van der Waals surface area contributed by atoms with Crippen LogP contribution in [0.3, 0.4) is 0 Å². The third-order valence-corrected chi connectivity index (χ3v) is 3.41. The Morgan fingerprint density at radius 3 is 2.56 bits per heavy atom. The van der Waals surface area contributed by atoms with Crippen LogP contribution in [-0.2, 0) is 5.67 Å². The van der Waals surface area contributed by atoms with E-state index in [1.54, 1.807) is 7.11 Å². The molecule has 0 aliphatic heterocycles. The number of halogens is 1. The standard InChI is InChI=1S/C13H18FNO/c1-16-12-5-3-2-4-11(12)13(14)8-6-10(15)7-9-13/h2-5,10H,6-9,15H2,1H3. The van der Waals surface area contributed by atoms with Crippen molar-refractivity contribution in [1.29, 1.82) is 0 Å². The lowest BCUT2D eigenvalue weighted by molar-refractivity contribution is 0.0946. The Labute approximate surface area is 95.6 Å². The van der Waals surface area contributed by atoms with Gasteiger partial charge in [0.05, 0.1) is 7.11 Å². The highest BCUT2D eigenvalue weighted by molar-refractivity contribution is 5.38. The number of ether oxygens (including phenoxy) is 1. The lowest BCUT2D eigenvalue weighted by Gasteiger charge is -2.33. The van der Waals surface area contributed by atoms with E-state index in [9.17, 15) is 4.39 Å². The van der Waals surface area contributed by atoms with Gasteiger partial charge in [0.1, 0.15) is 11.4 Å². The zero-order chi connectivity index (χ0) is 11.6. The third kappa shape index (κ3) is 2.05. The summed E-state index contributed by atoms with van der Waals surface area (Å²) < 4.78 is 20.0. The van der Waals surface area contributed by atoms with Crippen molar-refractivity contribution in [3.8, 4) is 5.75 Å². The monoisotopic (exact) mass is 223 g/mol. The van der Waals surface area contributed by atoms with Crippen LogP contribution < -0.4 is 10.5 Å². The van der Waals surface area contributed by atoms with Crippen molar-refractivity contribution in [2.75, 3.05) is 7.11 Å². The second-order valence-corrected chi connectivity index (χ2v) is 4.50. The molecule has 2 nitrogen and oxygen atoms in total. The molecule has 1 aromatic rings. The summed E-state index contributed by atoms with van der Waals surface area (Å²) in [7, 11) is 1.58. The van der Waals surface area contributed by atoms with Crippen LogP contribution in [0.1, 0.15) is 31.2 Å². The van der Waals surface area contributed by atoms with E-state index in [0.29, 0.717) is 24.2 Å². The van der Waals surface area contributed by atoms with Gasteiger partial charge in [0.2, 0.25) is 0 Å². The summed E-state index contributed by atoms with van der Waals surface area (Å²) in [6.07, 6.45) is 2.48. The minimum atomic E-state index is -1.26. The van der Waals surface area contributed by atoms with Crippen LogP contribution in [0.4, 0.5) is 4.39 Å². The summed E-state index contributed by atoms with van der Waals surface area (Å²) in [5.74, 6) is 0.639. The van der Waals surface area contributed by atoms with Crippen molar-refractivity contribution in [3.63, 3.8) is 0 Å². The van der Waals surface area contributed by atoms with Gasteiger partial charge in [0, 0.05) is 11.6 Å². The van der Waals surface area contributed by atoms with Crippen molar-refractivity contribution in [1.82, 2.24) is 0 Å². The maximum atomic E-state index is 14.8. The molecule has 0 saturated heterocycles. The first kappa shape index (κ1) is 11.4. The summed E-state index contributed by atoms with van der Waals surface area (Å²) in [5, 5.41) is 0. The van der Waals surface area contributed by atoms with Crippen LogP contribution >= 0.6 is 0 Å². The van der Waals surface area contributed by atoms with E-state index in [4.69, 9.17) is 10.5 Å². The van der Waals surface area contributed by atoms with Gasteiger partial charge >= 0.3 is 0 Å². The minimum absolute atomic E-state index is 0.151. The van der Waals surface area contributed by atoms with Crippen LogP contribution in [0.2, 0.25) is 0 Å². The summed E-state index contributed by atoms with van der Waals surface area (Å²) in [5.41, 5.74) is 5.22. The number of nitrogens with two attached hydrogens (primary N) is 1. The average Bonchev–Trinajstić information content (AvgIpc) is 2.33. The van der Waals surface area contributed by atoms with Crippen molar-refractivity contribution < 1.29 is 9.13 Å². The first-order valence-electron chi connectivity index (χ1n) is 5.74. The summed E-state index contributed by atoms with van der Waals surface area (Å²) >= 11 is 0. The van der Waals surface area contributed by atoms with Gasteiger partial charge in [-0.3, -0.25) is 0 Å². The maximum Gasteiger partial charge on any atom is 0.139 e. The highest BCUT2D eigenvalue weighted by Gasteiger charge is 2.37. The number of benzene rings is 1. The molecule has 2 N–H and O–H groups in total. The molecule has 0 heterocycles. The molecule has 0 unspecified atom stereocenters. The first-order valence-corrected chi connectivity index (χ1v) is 5.74. The fourth-order valence-corrected chi connectivity index (χ4v) is 2.38. The summed E-state index contributed by atoms with van der Waals surface area (Å²) in [6.45, 7) is 0. The SMILES string of the molecule is COc1ccccc1C1(F)CCC(N)CC1. The molecule has 88 valence electrons. The van der Waals surface area contributed by atoms with E-state index in [0.717, 1.165) is 12.8 Å². The molecule has 1 saturated carbocycles. The van der Waals surface area contributed by atoms with Gasteiger partial charge in [0.25, 0.3) is 0 Å². The van der Waals surface area contributed by atoms with E-state index in [1.165, 1.54) is 0 Å². The van der Waals surface area contributed by atoms with Gasteiger partial charge in [0.15, 0.2) is 0 Å². The molecule has 0 bridgehead atoms. The van der Waals surface area contributed by atoms with Crippen molar-refractivity contribution >= 4 is 0 Å². The molecule has 1 aromatic carbocycles. The molecule has 0 atom stereocenters. The number of rotatable bonds is 2. The Balaban J connectivity index is 2.28. The molecule has 0 amide bonds.